The van der Waals surface area contributed by atoms with Gasteiger partial charge in [-0.15, -0.1) is 0 Å². The van der Waals surface area contributed by atoms with E-state index in [4.69, 9.17) is 10.8 Å². The van der Waals surface area contributed by atoms with E-state index in [2.05, 4.69) is 0 Å². The number of phenolic OH excluding ortho intramolecular Hbond substituents is 1. The predicted octanol–water partition coefficient (Wildman–Crippen LogP) is 0.326. The number of nitrogens with two attached hydrogens (primary N) is 1. The van der Waals surface area contributed by atoms with E-state index in [1.54, 1.807) is 24.3 Å². The first-order valence-corrected chi connectivity index (χ1v) is 2.33. The van der Waals surface area contributed by atoms with Gasteiger partial charge in [-0.05, 0) is 24.3 Å². The standard InChI is InChI=1S/C6H7NO.K.H/c7-5-1-3-6(8)4-2-5;;/h1-4,8H,7H2;;. The van der Waals surface area contributed by atoms with Gasteiger partial charge in [0.15, 0.2) is 0 Å². The van der Waals surface area contributed by atoms with Gasteiger partial charge in [0.25, 0.3) is 0 Å². The van der Waals surface area contributed by atoms with Crippen molar-refractivity contribution in [2.24, 2.45) is 0 Å². The van der Waals surface area contributed by atoms with Crippen molar-refractivity contribution in [3.63, 3.8) is 0 Å². The van der Waals surface area contributed by atoms with Crippen LogP contribution in [0, 0.1) is 0 Å². The summed E-state index contributed by atoms with van der Waals surface area (Å²) in [5.41, 5.74) is 5.98. The molecule has 0 atom stereocenters. The second-order valence-electron chi connectivity index (χ2n) is 1.59. The molecule has 1 aromatic rings. The van der Waals surface area contributed by atoms with E-state index < -0.39 is 0 Å². The molecule has 2 nitrogen and oxygen atoms in total. The van der Waals surface area contributed by atoms with Gasteiger partial charge in [0.05, 0.1) is 0 Å². The number of benzene rings is 1. The molecular formula is C6H8KNO. The van der Waals surface area contributed by atoms with Gasteiger partial charge < -0.3 is 10.8 Å². The van der Waals surface area contributed by atoms with Crippen molar-refractivity contribution in [3.8, 4) is 5.75 Å². The van der Waals surface area contributed by atoms with Gasteiger partial charge in [-0.3, -0.25) is 0 Å². The van der Waals surface area contributed by atoms with Gasteiger partial charge in [-0.1, -0.05) is 0 Å². The normalized spacial score (nSPS) is 8.00. The van der Waals surface area contributed by atoms with Crippen LogP contribution in [0.3, 0.4) is 0 Å². The van der Waals surface area contributed by atoms with Crippen LogP contribution in [0.2, 0.25) is 0 Å². The molecule has 0 unspecified atom stereocenters. The summed E-state index contributed by atoms with van der Waals surface area (Å²) in [6, 6.07) is 6.40. The van der Waals surface area contributed by atoms with Crippen LogP contribution in [0.5, 0.6) is 5.75 Å². The Hall–Kier alpha value is 0.456. The molecule has 44 valence electrons. The molecular weight excluding hydrogens is 141 g/mol. The Kier molecular flexibility index (Phi) is 4.52. The summed E-state index contributed by atoms with van der Waals surface area (Å²) >= 11 is 0. The Morgan fingerprint density at radius 2 is 1.56 bits per heavy atom. The number of hydrogen-bond acceptors (Lipinski definition) is 2. The van der Waals surface area contributed by atoms with E-state index in [-0.39, 0.29) is 57.1 Å². The molecule has 0 aliphatic carbocycles. The van der Waals surface area contributed by atoms with Crippen molar-refractivity contribution in [1.29, 1.82) is 0 Å². The van der Waals surface area contributed by atoms with Crippen LogP contribution >= 0.6 is 0 Å². The van der Waals surface area contributed by atoms with E-state index in [9.17, 15) is 0 Å². The summed E-state index contributed by atoms with van der Waals surface area (Å²) < 4.78 is 0. The molecule has 0 heterocycles. The molecule has 1 aromatic carbocycles. The van der Waals surface area contributed by atoms with Crippen LogP contribution in [0.25, 0.3) is 0 Å². The summed E-state index contributed by atoms with van der Waals surface area (Å²) in [6.45, 7) is 0. The number of anilines is 1. The summed E-state index contributed by atoms with van der Waals surface area (Å²) in [7, 11) is 0. The number of phenols is 1. The minimum atomic E-state index is 0. The quantitative estimate of drug-likeness (QED) is 0.317. The van der Waals surface area contributed by atoms with E-state index in [1.165, 1.54) is 0 Å². The van der Waals surface area contributed by atoms with Crippen LogP contribution in [0.15, 0.2) is 24.3 Å². The molecule has 0 aromatic heterocycles. The average molecular weight is 149 g/mol. The van der Waals surface area contributed by atoms with E-state index >= 15 is 0 Å². The summed E-state index contributed by atoms with van der Waals surface area (Å²) in [6.07, 6.45) is 0. The SMILES string of the molecule is Nc1ccc(O)cc1.[KH]. The van der Waals surface area contributed by atoms with Gasteiger partial charge in [0, 0.05) is 5.69 Å². The molecule has 0 amide bonds. The Morgan fingerprint density at radius 1 is 1.11 bits per heavy atom. The van der Waals surface area contributed by atoms with Gasteiger partial charge in [0.1, 0.15) is 5.75 Å². The zero-order chi connectivity index (χ0) is 5.98. The Bertz CT molecular complexity index is 152. The Morgan fingerprint density at radius 3 is 1.89 bits per heavy atom. The van der Waals surface area contributed by atoms with Crippen molar-refractivity contribution in [2.45, 2.75) is 0 Å². The van der Waals surface area contributed by atoms with Crippen LogP contribution in [-0.4, -0.2) is 56.5 Å². The zero-order valence-electron chi connectivity index (χ0n) is 4.33. The van der Waals surface area contributed by atoms with Crippen molar-refractivity contribution in [2.75, 3.05) is 5.73 Å². The van der Waals surface area contributed by atoms with E-state index in [0.29, 0.717) is 5.69 Å². The van der Waals surface area contributed by atoms with Crippen LogP contribution in [0.1, 0.15) is 0 Å². The van der Waals surface area contributed by atoms with Crippen LogP contribution in [0.4, 0.5) is 5.69 Å². The summed E-state index contributed by atoms with van der Waals surface area (Å²) in [4.78, 5) is 0. The Labute approximate surface area is 96.5 Å². The molecule has 0 aliphatic rings. The predicted molar refractivity (Wildman–Crippen MR) is 39.7 cm³/mol. The number of aromatic hydroxyl groups is 1. The van der Waals surface area contributed by atoms with Crippen molar-refractivity contribution in [1.82, 2.24) is 0 Å². The number of hydrogen-bond donors (Lipinski definition) is 2. The fraction of sp³-hybridized carbons (Fsp3) is 0. The zero-order valence-corrected chi connectivity index (χ0v) is 4.33. The second-order valence-corrected chi connectivity index (χ2v) is 1.59. The van der Waals surface area contributed by atoms with Crippen LogP contribution in [-0.2, 0) is 0 Å². The number of nitrogen functional groups attached to an aromatic ring is 1. The maximum atomic E-state index is 8.70. The average Bonchev–Trinajstić information content (AvgIpc) is 1.77. The van der Waals surface area contributed by atoms with Gasteiger partial charge >= 0.3 is 51.4 Å². The molecule has 0 saturated heterocycles. The number of rotatable bonds is 0. The fourth-order valence-electron chi connectivity index (χ4n) is 0.474. The molecule has 0 saturated carbocycles. The summed E-state index contributed by atoms with van der Waals surface area (Å²) in [5, 5.41) is 8.70. The second kappa shape index (κ2) is 4.30. The molecule has 3 N–H and O–H groups in total. The van der Waals surface area contributed by atoms with E-state index in [0.717, 1.165) is 0 Å². The molecule has 3 heteroatoms. The monoisotopic (exact) mass is 149 g/mol. The third kappa shape index (κ3) is 3.22. The molecule has 0 spiro atoms. The Balaban J connectivity index is 0.000000640. The maximum absolute atomic E-state index is 8.70. The molecule has 0 radical (unpaired) electrons. The topological polar surface area (TPSA) is 46.2 Å². The van der Waals surface area contributed by atoms with Crippen molar-refractivity contribution < 1.29 is 5.11 Å². The minimum absolute atomic E-state index is 0. The van der Waals surface area contributed by atoms with Gasteiger partial charge in [-0.25, -0.2) is 0 Å². The van der Waals surface area contributed by atoms with Crippen molar-refractivity contribution >= 4 is 57.1 Å². The van der Waals surface area contributed by atoms with E-state index in [1.807, 2.05) is 0 Å². The van der Waals surface area contributed by atoms with Gasteiger partial charge in [-0.2, -0.15) is 0 Å². The molecule has 1 rings (SSSR count). The van der Waals surface area contributed by atoms with Gasteiger partial charge in [0.2, 0.25) is 0 Å². The molecule has 0 bridgehead atoms. The molecule has 9 heavy (non-hydrogen) atoms. The fourth-order valence-corrected chi connectivity index (χ4v) is 0.474. The third-order valence-corrected chi connectivity index (χ3v) is 0.893. The first-order chi connectivity index (χ1) is 3.79. The third-order valence-electron chi connectivity index (χ3n) is 0.893. The summed E-state index contributed by atoms with van der Waals surface area (Å²) in [5.74, 6) is 0.249. The molecule has 0 aliphatic heterocycles. The first-order valence-electron chi connectivity index (χ1n) is 2.33. The molecule has 0 fully saturated rings. The van der Waals surface area contributed by atoms with Crippen LogP contribution < -0.4 is 5.73 Å². The van der Waals surface area contributed by atoms with Crippen molar-refractivity contribution in [3.05, 3.63) is 24.3 Å². The first kappa shape index (κ1) is 9.46.